The van der Waals surface area contributed by atoms with Gasteiger partial charge in [0.1, 0.15) is 0 Å². The minimum absolute atomic E-state index is 0.534. The van der Waals surface area contributed by atoms with Crippen LogP contribution in [0.4, 0.5) is 0 Å². The first-order valence-electron chi connectivity index (χ1n) is 4.83. The van der Waals surface area contributed by atoms with E-state index in [0.29, 0.717) is 11.4 Å². The highest BCUT2D eigenvalue weighted by atomic mass is 35.5. The fraction of sp³-hybridized carbons (Fsp3) is 0.167. The van der Waals surface area contributed by atoms with E-state index in [4.69, 9.17) is 23.2 Å². The van der Waals surface area contributed by atoms with Crippen LogP contribution in [-0.4, -0.2) is 5.11 Å². The normalized spacial score (nSPS) is 12.7. The van der Waals surface area contributed by atoms with Crippen LogP contribution < -0.4 is 0 Å². The van der Waals surface area contributed by atoms with Gasteiger partial charge in [-0.3, -0.25) is 0 Å². The Hall–Kier alpha value is -0.540. The molecule has 0 saturated carbocycles. The maximum atomic E-state index is 10.0. The first kappa shape index (κ1) is 11.9. The molecular weight excluding hydrogens is 263 g/mol. The molecule has 0 bridgehead atoms. The van der Waals surface area contributed by atoms with Crippen molar-refractivity contribution in [2.75, 3.05) is 0 Å². The third-order valence-corrected chi connectivity index (χ3v) is 3.75. The Morgan fingerprint density at radius 3 is 2.62 bits per heavy atom. The molecule has 0 amide bonds. The van der Waals surface area contributed by atoms with Gasteiger partial charge in [0.05, 0.1) is 10.4 Å². The summed E-state index contributed by atoms with van der Waals surface area (Å²) in [6, 6.07) is 11.0. The Kier molecular flexibility index (Phi) is 3.87. The van der Waals surface area contributed by atoms with E-state index >= 15 is 0 Å². The quantitative estimate of drug-likeness (QED) is 0.882. The third kappa shape index (κ3) is 2.98. The first-order chi connectivity index (χ1) is 7.65. The van der Waals surface area contributed by atoms with Gasteiger partial charge in [-0.05, 0) is 29.8 Å². The van der Waals surface area contributed by atoms with E-state index in [1.54, 1.807) is 12.1 Å². The van der Waals surface area contributed by atoms with Crippen molar-refractivity contribution in [2.45, 2.75) is 12.5 Å². The molecule has 0 saturated heterocycles. The number of thiophene rings is 1. The summed E-state index contributed by atoms with van der Waals surface area (Å²) >= 11 is 13.2. The molecule has 4 heteroatoms. The first-order valence-corrected chi connectivity index (χ1v) is 6.40. The van der Waals surface area contributed by atoms with Crippen LogP contribution in [0.15, 0.2) is 36.4 Å². The lowest BCUT2D eigenvalue weighted by Crippen LogP contribution is -2.00. The summed E-state index contributed by atoms with van der Waals surface area (Å²) < 4.78 is 0.744. The van der Waals surface area contributed by atoms with Gasteiger partial charge in [-0.25, -0.2) is 0 Å². The summed E-state index contributed by atoms with van der Waals surface area (Å²) in [5, 5.41) is 10.7. The highest BCUT2D eigenvalue weighted by molar-refractivity contribution is 7.16. The number of hydrogen-bond donors (Lipinski definition) is 1. The van der Waals surface area contributed by atoms with E-state index in [0.717, 1.165) is 14.8 Å². The molecule has 1 nitrogen and oxygen atoms in total. The zero-order chi connectivity index (χ0) is 11.5. The largest absolute Gasteiger partial charge is 0.388 e. The topological polar surface area (TPSA) is 20.2 Å². The average Bonchev–Trinajstić information content (AvgIpc) is 2.64. The van der Waals surface area contributed by atoms with Gasteiger partial charge in [-0.15, -0.1) is 11.3 Å². The van der Waals surface area contributed by atoms with Gasteiger partial charge >= 0.3 is 0 Å². The molecule has 1 atom stereocenters. The van der Waals surface area contributed by atoms with Gasteiger partial charge in [-0.1, -0.05) is 35.3 Å². The minimum atomic E-state index is -0.534. The molecule has 0 radical (unpaired) electrons. The average molecular weight is 273 g/mol. The number of benzene rings is 1. The van der Waals surface area contributed by atoms with Crippen LogP contribution in [0.1, 0.15) is 16.5 Å². The Balaban J connectivity index is 2.11. The van der Waals surface area contributed by atoms with Crippen molar-refractivity contribution < 1.29 is 5.11 Å². The van der Waals surface area contributed by atoms with Crippen LogP contribution >= 0.6 is 34.5 Å². The van der Waals surface area contributed by atoms with Gasteiger partial charge in [0.2, 0.25) is 0 Å². The molecule has 0 aliphatic heterocycles. The third-order valence-electron chi connectivity index (χ3n) is 2.26. The van der Waals surface area contributed by atoms with Crippen molar-refractivity contribution in [3.8, 4) is 0 Å². The smallest absolute Gasteiger partial charge is 0.0931 e. The second kappa shape index (κ2) is 5.19. The molecule has 0 fully saturated rings. The Morgan fingerprint density at radius 1 is 1.19 bits per heavy atom. The van der Waals surface area contributed by atoms with Crippen molar-refractivity contribution in [3.63, 3.8) is 0 Å². The molecule has 16 heavy (non-hydrogen) atoms. The molecule has 0 spiro atoms. The lowest BCUT2D eigenvalue weighted by atomic mass is 10.1. The molecule has 84 valence electrons. The van der Waals surface area contributed by atoms with Crippen LogP contribution in [0.3, 0.4) is 0 Å². The van der Waals surface area contributed by atoms with E-state index in [2.05, 4.69) is 0 Å². The SMILES string of the molecule is O[C@@H](Cc1ccc(Cl)s1)c1cccc(Cl)c1. The highest BCUT2D eigenvalue weighted by Gasteiger charge is 2.10. The van der Waals surface area contributed by atoms with Gasteiger partial charge in [0.15, 0.2) is 0 Å². The van der Waals surface area contributed by atoms with Crippen LogP contribution in [0.5, 0.6) is 0 Å². The number of aliphatic hydroxyl groups excluding tert-OH is 1. The fourth-order valence-corrected chi connectivity index (χ4v) is 2.81. The molecule has 1 N–H and O–H groups in total. The lowest BCUT2D eigenvalue weighted by Gasteiger charge is -2.09. The minimum Gasteiger partial charge on any atom is -0.388 e. The fourth-order valence-electron chi connectivity index (χ4n) is 1.48. The van der Waals surface area contributed by atoms with Gasteiger partial charge in [0.25, 0.3) is 0 Å². The molecule has 1 aromatic carbocycles. The van der Waals surface area contributed by atoms with E-state index in [1.807, 2.05) is 24.3 Å². The zero-order valence-corrected chi connectivity index (χ0v) is 10.7. The summed E-state index contributed by atoms with van der Waals surface area (Å²) in [7, 11) is 0. The predicted molar refractivity (Wildman–Crippen MR) is 69.4 cm³/mol. The number of hydrogen-bond acceptors (Lipinski definition) is 2. The monoisotopic (exact) mass is 272 g/mol. The van der Waals surface area contributed by atoms with Crippen LogP contribution in [-0.2, 0) is 6.42 Å². The maximum Gasteiger partial charge on any atom is 0.0931 e. The number of rotatable bonds is 3. The molecule has 0 aliphatic carbocycles. The summed E-state index contributed by atoms with van der Waals surface area (Å²) in [6.45, 7) is 0. The summed E-state index contributed by atoms with van der Waals surface area (Å²) in [4.78, 5) is 1.07. The van der Waals surface area contributed by atoms with Crippen LogP contribution in [0.25, 0.3) is 0 Å². The predicted octanol–water partition coefficient (Wildman–Crippen LogP) is 4.33. The van der Waals surface area contributed by atoms with Crippen LogP contribution in [0.2, 0.25) is 9.36 Å². The van der Waals surface area contributed by atoms with E-state index in [1.165, 1.54) is 11.3 Å². The van der Waals surface area contributed by atoms with E-state index in [9.17, 15) is 5.11 Å². The Labute approximate surface area is 108 Å². The second-order valence-electron chi connectivity index (χ2n) is 3.48. The van der Waals surface area contributed by atoms with Crippen molar-refractivity contribution in [2.24, 2.45) is 0 Å². The molecule has 0 unspecified atom stereocenters. The van der Waals surface area contributed by atoms with Gasteiger partial charge < -0.3 is 5.11 Å². The van der Waals surface area contributed by atoms with Gasteiger partial charge in [0, 0.05) is 16.3 Å². The Morgan fingerprint density at radius 2 is 2.00 bits per heavy atom. The van der Waals surface area contributed by atoms with E-state index in [-0.39, 0.29) is 0 Å². The molecule has 0 aliphatic rings. The zero-order valence-electron chi connectivity index (χ0n) is 8.36. The highest BCUT2D eigenvalue weighted by Crippen LogP contribution is 2.27. The molecule has 1 heterocycles. The lowest BCUT2D eigenvalue weighted by molar-refractivity contribution is 0.179. The van der Waals surface area contributed by atoms with Crippen molar-refractivity contribution >= 4 is 34.5 Å². The molecule has 1 aromatic heterocycles. The van der Waals surface area contributed by atoms with E-state index < -0.39 is 6.10 Å². The standard InChI is InChI=1S/C12H10Cl2OS/c13-9-3-1-2-8(6-9)11(15)7-10-4-5-12(14)16-10/h1-6,11,15H,7H2/t11-/m0/s1. The van der Waals surface area contributed by atoms with Crippen molar-refractivity contribution in [3.05, 3.63) is 56.2 Å². The Bertz CT molecular complexity index is 481. The molecular formula is C12H10Cl2OS. The maximum absolute atomic E-state index is 10.0. The van der Waals surface area contributed by atoms with Crippen LogP contribution in [0, 0.1) is 0 Å². The summed E-state index contributed by atoms with van der Waals surface area (Å²) in [6.07, 6.45) is 0.0333. The number of aliphatic hydroxyl groups is 1. The summed E-state index contributed by atoms with van der Waals surface area (Å²) in [5.41, 5.74) is 0.831. The summed E-state index contributed by atoms with van der Waals surface area (Å²) in [5.74, 6) is 0. The second-order valence-corrected chi connectivity index (χ2v) is 5.72. The molecule has 2 rings (SSSR count). The van der Waals surface area contributed by atoms with Crippen molar-refractivity contribution in [1.29, 1.82) is 0 Å². The molecule has 2 aromatic rings. The number of halogens is 2. The van der Waals surface area contributed by atoms with Gasteiger partial charge in [-0.2, -0.15) is 0 Å². The van der Waals surface area contributed by atoms with Crippen molar-refractivity contribution in [1.82, 2.24) is 0 Å².